The number of hydrogen-bond donors (Lipinski definition) is 0. The molecule has 0 spiro atoms. The van der Waals surface area contributed by atoms with E-state index in [1.54, 1.807) is 11.3 Å². The number of carbonyl (C=O) groups is 1. The van der Waals surface area contributed by atoms with E-state index in [1.807, 2.05) is 54.3 Å². The zero-order valence-electron chi connectivity index (χ0n) is 17.2. The van der Waals surface area contributed by atoms with E-state index < -0.39 is 0 Å². The molecule has 2 aromatic carbocycles. The number of ether oxygens (including phenoxy) is 1. The Morgan fingerprint density at radius 2 is 1.87 bits per heavy atom. The predicted molar refractivity (Wildman–Crippen MR) is 121 cm³/mol. The molecule has 0 bridgehead atoms. The molecule has 0 saturated carbocycles. The topological polar surface area (TPSA) is 50.1 Å². The molecule has 2 aromatic heterocycles. The first-order chi connectivity index (χ1) is 14.6. The van der Waals surface area contributed by atoms with Gasteiger partial charge in [-0.25, -0.2) is 4.98 Å². The number of benzene rings is 2. The molecule has 30 heavy (non-hydrogen) atoms. The molecule has 1 amide bonds. The van der Waals surface area contributed by atoms with E-state index in [4.69, 9.17) is 9.72 Å². The van der Waals surface area contributed by atoms with E-state index in [0.717, 1.165) is 63.9 Å². The van der Waals surface area contributed by atoms with Crippen LogP contribution in [-0.2, 0) is 0 Å². The summed E-state index contributed by atoms with van der Waals surface area (Å²) in [5.74, 6) is 0.983. The largest absolute Gasteiger partial charge is 0.494 e. The van der Waals surface area contributed by atoms with Crippen LogP contribution in [0, 0.1) is 0 Å². The third-order valence-electron chi connectivity index (χ3n) is 5.59. The molecule has 0 unspecified atom stereocenters. The van der Waals surface area contributed by atoms with Crippen LogP contribution in [-0.4, -0.2) is 64.9 Å². The second kappa shape index (κ2) is 7.74. The number of thiazole rings is 1. The van der Waals surface area contributed by atoms with Crippen LogP contribution in [0.4, 0.5) is 0 Å². The van der Waals surface area contributed by atoms with Crippen molar-refractivity contribution in [2.45, 2.75) is 6.92 Å². The first kappa shape index (κ1) is 19.1. The summed E-state index contributed by atoms with van der Waals surface area (Å²) in [7, 11) is 2.09. The Balaban J connectivity index is 1.43. The molecular weight excluding hydrogens is 396 g/mol. The van der Waals surface area contributed by atoms with Crippen LogP contribution in [0.15, 0.2) is 48.7 Å². The molecule has 5 rings (SSSR count). The summed E-state index contributed by atoms with van der Waals surface area (Å²) in [6.07, 6.45) is 2.06. The minimum Gasteiger partial charge on any atom is -0.494 e. The maximum absolute atomic E-state index is 12.9. The number of carbonyl (C=O) groups excluding carboxylic acids is 1. The van der Waals surface area contributed by atoms with Crippen molar-refractivity contribution in [3.05, 3.63) is 54.2 Å². The normalized spacial score (nSPS) is 15.2. The van der Waals surface area contributed by atoms with Gasteiger partial charge in [0.25, 0.3) is 5.91 Å². The Hall–Kier alpha value is -2.90. The Labute approximate surface area is 179 Å². The van der Waals surface area contributed by atoms with Crippen molar-refractivity contribution < 1.29 is 9.53 Å². The summed E-state index contributed by atoms with van der Waals surface area (Å²) < 4.78 is 8.71. The van der Waals surface area contributed by atoms with Crippen molar-refractivity contribution >= 4 is 32.4 Å². The molecule has 1 fully saturated rings. The fourth-order valence-corrected chi connectivity index (χ4v) is 4.90. The number of amides is 1. The molecule has 0 radical (unpaired) electrons. The minimum absolute atomic E-state index is 0.117. The molecule has 0 N–H and O–H groups in total. The van der Waals surface area contributed by atoms with E-state index in [-0.39, 0.29) is 5.91 Å². The van der Waals surface area contributed by atoms with Crippen molar-refractivity contribution in [1.29, 1.82) is 0 Å². The monoisotopic (exact) mass is 420 g/mol. The van der Waals surface area contributed by atoms with Crippen LogP contribution in [0.1, 0.15) is 17.3 Å². The standard InChI is InChI=1S/C23H24N4O2S/c1-3-29-18-7-4-16(5-8-18)19-15-27-20-9-6-17(14-21(20)30-23(27)24-19)22(28)26-12-10-25(2)11-13-26/h4-9,14-15H,3,10-13H2,1-2H3. The van der Waals surface area contributed by atoms with E-state index in [0.29, 0.717) is 6.61 Å². The third kappa shape index (κ3) is 3.44. The van der Waals surface area contributed by atoms with Gasteiger partial charge in [0.2, 0.25) is 0 Å². The molecule has 154 valence electrons. The number of likely N-dealkylation sites (N-methyl/N-ethyl adjacent to an activating group) is 1. The fraction of sp³-hybridized carbons (Fsp3) is 0.304. The van der Waals surface area contributed by atoms with Crippen molar-refractivity contribution in [3.63, 3.8) is 0 Å². The summed E-state index contributed by atoms with van der Waals surface area (Å²) >= 11 is 1.62. The van der Waals surface area contributed by atoms with Gasteiger partial charge >= 0.3 is 0 Å². The number of piperazine rings is 1. The number of nitrogens with zero attached hydrogens (tertiary/aromatic N) is 4. The lowest BCUT2D eigenvalue weighted by Gasteiger charge is -2.32. The van der Waals surface area contributed by atoms with Gasteiger partial charge in [-0.3, -0.25) is 9.20 Å². The highest BCUT2D eigenvalue weighted by Crippen LogP contribution is 2.31. The highest BCUT2D eigenvalue weighted by atomic mass is 32.1. The maximum Gasteiger partial charge on any atom is 0.253 e. The maximum atomic E-state index is 12.9. The second-order valence-electron chi connectivity index (χ2n) is 7.62. The number of rotatable bonds is 4. The highest BCUT2D eigenvalue weighted by molar-refractivity contribution is 7.23. The highest BCUT2D eigenvalue weighted by Gasteiger charge is 2.21. The van der Waals surface area contributed by atoms with Crippen molar-refractivity contribution in [3.8, 4) is 17.0 Å². The first-order valence-corrected chi connectivity index (χ1v) is 11.1. The van der Waals surface area contributed by atoms with Crippen LogP contribution in [0.5, 0.6) is 5.75 Å². The second-order valence-corrected chi connectivity index (χ2v) is 8.63. The van der Waals surface area contributed by atoms with E-state index >= 15 is 0 Å². The smallest absolute Gasteiger partial charge is 0.253 e. The molecule has 6 nitrogen and oxygen atoms in total. The van der Waals surface area contributed by atoms with Crippen molar-refractivity contribution in [1.82, 2.24) is 19.2 Å². The van der Waals surface area contributed by atoms with Crippen LogP contribution >= 0.6 is 11.3 Å². The molecule has 3 heterocycles. The first-order valence-electron chi connectivity index (χ1n) is 10.2. The zero-order chi connectivity index (χ0) is 20.7. The quantitative estimate of drug-likeness (QED) is 0.501. The molecule has 1 aliphatic heterocycles. The zero-order valence-corrected chi connectivity index (χ0v) is 18.0. The van der Waals surface area contributed by atoms with Gasteiger partial charge < -0.3 is 14.5 Å². The van der Waals surface area contributed by atoms with Crippen LogP contribution < -0.4 is 4.74 Å². The van der Waals surface area contributed by atoms with Gasteiger partial charge in [0, 0.05) is 43.5 Å². The molecule has 0 atom stereocenters. The number of fused-ring (bicyclic) bond motifs is 3. The summed E-state index contributed by atoms with van der Waals surface area (Å²) in [6, 6.07) is 14.0. The van der Waals surface area contributed by atoms with Gasteiger partial charge in [-0.15, -0.1) is 0 Å². The average Bonchev–Trinajstić information content (AvgIpc) is 3.32. The third-order valence-corrected chi connectivity index (χ3v) is 6.61. The Kier molecular flexibility index (Phi) is 4.92. The van der Waals surface area contributed by atoms with Gasteiger partial charge in [0.1, 0.15) is 5.75 Å². The van der Waals surface area contributed by atoms with Crippen molar-refractivity contribution in [2.24, 2.45) is 0 Å². The van der Waals surface area contributed by atoms with Crippen molar-refractivity contribution in [2.75, 3.05) is 39.8 Å². The average molecular weight is 421 g/mol. The number of aromatic nitrogens is 2. The lowest BCUT2D eigenvalue weighted by Crippen LogP contribution is -2.47. The van der Waals surface area contributed by atoms with E-state index in [2.05, 4.69) is 22.5 Å². The van der Waals surface area contributed by atoms with Gasteiger partial charge in [-0.2, -0.15) is 0 Å². The fourth-order valence-electron chi connectivity index (χ4n) is 3.85. The molecule has 1 saturated heterocycles. The van der Waals surface area contributed by atoms with Gasteiger partial charge in [-0.05, 0) is 56.4 Å². The molecule has 4 aromatic rings. The Morgan fingerprint density at radius 1 is 1.10 bits per heavy atom. The summed E-state index contributed by atoms with van der Waals surface area (Å²) in [5, 5.41) is 0. The Bertz CT molecular complexity index is 1200. The van der Waals surface area contributed by atoms with Gasteiger partial charge in [-0.1, -0.05) is 11.3 Å². The van der Waals surface area contributed by atoms with Crippen LogP contribution in [0.3, 0.4) is 0 Å². The van der Waals surface area contributed by atoms with E-state index in [9.17, 15) is 4.79 Å². The van der Waals surface area contributed by atoms with Gasteiger partial charge in [0.05, 0.1) is 22.5 Å². The summed E-state index contributed by atoms with van der Waals surface area (Å²) in [6.45, 7) is 6.06. The SMILES string of the molecule is CCOc1ccc(-c2cn3c(n2)sc2cc(C(=O)N4CCN(C)CC4)ccc23)cc1. The van der Waals surface area contributed by atoms with E-state index in [1.165, 1.54) is 0 Å². The Morgan fingerprint density at radius 3 is 2.60 bits per heavy atom. The predicted octanol–water partition coefficient (Wildman–Crippen LogP) is 4.00. The summed E-state index contributed by atoms with van der Waals surface area (Å²) in [5.41, 5.74) is 3.83. The molecular formula is C23H24N4O2S. The van der Waals surface area contributed by atoms with Crippen LogP contribution in [0.2, 0.25) is 0 Å². The lowest BCUT2D eigenvalue weighted by molar-refractivity contribution is 0.0664. The molecule has 1 aliphatic rings. The molecule has 7 heteroatoms. The van der Waals surface area contributed by atoms with Gasteiger partial charge in [0.15, 0.2) is 4.96 Å². The summed E-state index contributed by atoms with van der Waals surface area (Å²) in [4.78, 5) is 22.8. The lowest BCUT2D eigenvalue weighted by atomic mass is 10.1. The minimum atomic E-state index is 0.117. The number of imidazole rings is 1. The molecule has 0 aliphatic carbocycles. The number of hydrogen-bond acceptors (Lipinski definition) is 5. The van der Waals surface area contributed by atoms with Crippen LogP contribution in [0.25, 0.3) is 26.4 Å².